The van der Waals surface area contributed by atoms with Crippen LogP contribution in [0.5, 0.6) is 0 Å². The van der Waals surface area contributed by atoms with Gasteiger partial charge in [-0.2, -0.15) is 0 Å². The molecule has 0 radical (unpaired) electrons. The van der Waals surface area contributed by atoms with Gasteiger partial charge in [0.1, 0.15) is 10.2 Å². The zero-order valence-corrected chi connectivity index (χ0v) is 16.1. The van der Waals surface area contributed by atoms with Crippen molar-refractivity contribution >= 4 is 27.7 Å². The molecule has 0 saturated heterocycles. The molecule has 1 aromatic heterocycles. The van der Waals surface area contributed by atoms with Crippen LogP contribution in [0, 0.1) is 5.41 Å². The minimum Gasteiger partial charge on any atom is -0.444 e. The first-order chi connectivity index (χ1) is 11.3. The molecule has 2 rings (SSSR count). The molecule has 0 bridgehead atoms. The lowest BCUT2D eigenvalue weighted by molar-refractivity contribution is 0.0635. The molecular weight excluding hydrogens is 356 g/mol. The highest BCUT2D eigenvalue weighted by Crippen LogP contribution is 2.43. The molecule has 5 heteroatoms. The highest BCUT2D eigenvalue weighted by atomic mass is 79.9. The van der Waals surface area contributed by atoms with Gasteiger partial charge in [-0.25, -0.2) is 9.78 Å². The molecule has 1 N–H and O–H groups in total. The van der Waals surface area contributed by atoms with E-state index in [-0.39, 0.29) is 5.41 Å². The smallest absolute Gasteiger partial charge is 0.412 e. The summed E-state index contributed by atoms with van der Waals surface area (Å²) in [5.41, 5.74) is 0.285. The summed E-state index contributed by atoms with van der Waals surface area (Å²) in [5, 5.41) is 2.71. The zero-order valence-electron chi connectivity index (χ0n) is 16.5. The van der Waals surface area contributed by atoms with Crippen LogP contribution in [0.15, 0.2) is 16.7 Å². The topological polar surface area (TPSA) is 51.2 Å². The van der Waals surface area contributed by atoms with Gasteiger partial charge in [0.15, 0.2) is 0 Å². The third kappa shape index (κ3) is 5.48. The van der Waals surface area contributed by atoms with Crippen LogP contribution in [-0.4, -0.2) is 16.7 Å². The Bertz CT molecular complexity index is 661. The average Bonchev–Trinajstić information content (AvgIpc) is 2.43. The molecule has 1 aliphatic rings. The molecule has 2 atom stereocenters. The number of carbonyl (C=O) groups excluding carboxylic acids is 1. The van der Waals surface area contributed by atoms with Crippen molar-refractivity contribution in [3.8, 4) is 0 Å². The second-order valence-corrected chi connectivity index (χ2v) is 8.57. The van der Waals surface area contributed by atoms with Crippen LogP contribution in [0.3, 0.4) is 0 Å². The maximum atomic E-state index is 12.2. The maximum absolute atomic E-state index is 12.2. The number of rotatable bonds is 2. The van der Waals surface area contributed by atoms with E-state index in [9.17, 15) is 4.79 Å². The molecule has 0 spiro atoms. The van der Waals surface area contributed by atoms with Crippen molar-refractivity contribution in [3.05, 3.63) is 22.4 Å². The largest absolute Gasteiger partial charge is 0.444 e. The number of hydrogen-bond donors (Lipinski definition) is 1. The zero-order chi connectivity index (χ0) is 19.0. The first kappa shape index (κ1) is 15.4. The van der Waals surface area contributed by atoms with E-state index in [1.54, 1.807) is 32.9 Å². The highest BCUT2D eigenvalue weighted by Gasteiger charge is 2.30. The molecular formula is C18H27BrN2O2. The Morgan fingerprint density at radius 3 is 2.78 bits per heavy atom. The molecule has 128 valence electrons. The quantitative estimate of drug-likeness (QED) is 0.648. The lowest BCUT2D eigenvalue weighted by Gasteiger charge is -2.34. The lowest BCUT2D eigenvalue weighted by atomic mass is 9.72. The van der Waals surface area contributed by atoms with Gasteiger partial charge < -0.3 is 4.74 Å². The predicted octanol–water partition coefficient (Wildman–Crippen LogP) is 5.87. The third-order valence-corrected chi connectivity index (χ3v) is 4.21. The average molecular weight is 385 g/mol. The Kier molecular flexibility index (Phi) is 4.56. The summed E-state index contributed by atoms with van der Waals surface area (Å²) >= 11 is 3.34. The SMILES string of the molecule is [2H]C1CC(C)(C)CCC1([2H])c1nc(Br)ccc1NC(=O)OC(C)(C)C. The minimum atomic E-state index is -1.16. The van der Waals surface area contributed by atoms with Crippen LogP contribution in [0.25, 0.3) is 0 Å². The van der Waals surface area contributed by atoms with E-state index >= 15 is 0 Å². The van der Waals surface area contributed by atoms with Crippen LogP contribution in [0.4, 0.5) is 10.5 Å². The van der Waals surface area contributed by atoms with Crippen molar-refractivity contribution in [1.82, 2.24) is 4.98 Å². The lowest BCUT2D eigenvalue weighted by Crippen LogP contribution is -2.28. The standard InChI is InChI=1S/C18H27BrN2O2/c1-17(2,3)23-16(22)20-13-6-7-14(19)21-15(13)12-8-10-18(4,5)11-9-12/h6-7,12H,8-11H2,1-5H3,(H,20,22)/i8D,12D. The number of nitrogens with one attached hydrogen (secondary N) is 1. The second kappa shape index (κ2) is 6.80. The maximum Gasteiger partial charge on any atom is 0.412 e. The van der Waals surface area contributed by atoms with Gasteiger partial charge in [-0.3, -0.25) is 5.32 Å². The van der Waals surface area contributed by atoms with E-state index in [1.807, 2.05) is 0 Å². The number of carbonyl (C=O) groups is 1. The Morgan fingerprint density at radius 2 is 2.17 bits per heavy atom. The predicted molar refractivity (Wildman–Crippen MR) is 96.8 cm³/mol. The Labute approximate surface area is 150 Å². The van der Waals surface area contributed by atoms with Crippen LogP contribution < -0.4 is 5.32 Å². The molecule has 1 aromatic rings. The third-order valence-electron chi connectivity index (χ3n) is 3.77. The van der Waals surface area contributed by atoms with Crippen LogP contribution in [-0.2, 0) is 4.74 Å². The molecule has 0 aromatic carbocycles. The van der Waals surface area contributed by atoms with Gasteiger partial charge in [0.2, 0.25) is 0 Å². The fourth-order valence-corrected chi connectivity index (χ4v) is 2.80. The fraction of sp³-hybridized carbons (Fsp3) is 0.667. The van der Waals surface area contributed by atoms with Gasteiger partial charge in [-0.1, -0.05) is 13.8 Å². The summed E-state index contributed by atoms with van der Waals surface area (Å²) in [4.78, 5) is 16.6. The number of aromatic nitrogens is 1. The first-order valence-corrected chi connectivity index (χ1v) is 8.71. The van der Waals surface area contributed by atoms with Gasteiger partial charge in [-0.15, -0.1) is 0 Å². The van der Waals surface area contributed by atoms with E-state index < -0.39 is 24.0 Å². The van der Waals surface area contributed by atoms with E-state index in [2.05, 4.69) is 40.1 Å². The Balaban J connectivity index is 2.34. The summed E-state index contributed by atoms with van der Waals surface area (Å²) in [5.74, 6) is -1.16. The van der Waals surface area contributed by atoms with Crippen molar-refractivity contribution in [3.63, 3.8) is 0 Å². The fourth-order valence-electron chi connectivity index (χ4n) is 2.49. The number of amides is 1. The van der Waals surface area contributed by atoms with E-state index in [0.29, 0.717) is 28.8 Å². The summed E-state index contributed by atoms with van der Waals surface area (Å²) < 4.78 is 23.4. The molecule has 1 aliphatic carbocycles. The van der Waals surface area contributed by atoms with Crippen molar-refractivity contribution < 1.29 is 12.3 Å². The second-order valence-electron chi connectivity index (χ2n) is 7.75. The summed E-state index contributed by atoms with van der Waals surface area (Å²) in [6.45, 7) is 9.64. The molecule has 0 aliphatic heterocycles. The van der Waals surface area contributed by atoms with E-state index in [0.717, 1.165) is 6.42 Å². The van der Waals surface area contributed by atoms with Crippen molar-refractivity contribution in [2.75, 3.05) is 5.32 Å². The van der Waals surface area contributed by atoms with Crippen LogP contribution in [0.1, 0.15) is 74.6 Å². The monoisotopic (exact) mass is 384 g/mol. The van der Waals surface area contributed by atoms with Gasteiger partial charge >= 0.3 is 6.09 Å². The molecule has 1 amide bonds. The Morgan fingerprint density at radius 1 is 1.48 bits per heavy atom. The molecule has 1 fully saturated rings. The van der Waals surface area contributed by atoms with Gasteiger partial charge in [-0.05, 0) is 79.9 Å². The van der Waals surface area contributed by atoms with Crippen LogP contribution >= 0.6 is 15.9 Å². The number of halogens is 1. The highest BCUT2D eigenvalue weighted by molar-refractivity contribution is 9.10. The normalized spacial score (nSPS) is 28.5. The molecule has 1 saturated carbocycles. The van der Waals surface area contributed by atoms with Crippen molar-refractivity contribution in [2.24, 2.45) is 5.41 Å². The number of hydrogen-bond acceptors (Lipinski definition) is 3. The summed E-state index contributed by atoms with van der Waals surface area (Å²) in [7, 11) is 0. The minimum absolute atomic E-state index is 0.0434. The molecule has 4 nitrogen and oxygen atoms in total. The molecule has 2 unspecified atom stereocenters. The number of anilines is 1. The Hall–Kier alpha value is -1.10. The van der Waals surface area contributed by atoms with E-state index in [1.165, 1.54) is 0 Å². The van der Waals surface area contributed by atoms with Gasteiger partial charge in [0, 0.05) is 8.64 Å². The van der Waals surface area contributed by atoms with Crippen LogP contribution in [0.2, 0.25) is 0 Å². The first-order valence-electron chi connectivity index (χ1n) is 8.99. The van der Waals surface area contributed by atoms with Gasteiger partial charge in [0.25, 0.3) is 0 Å². The van der Waals surface area contributed by atoms with Crippen molar-refractivity contribution in [2.45, 2.75) is 71.8 Å². The summed E-state index contributed by atoms with van der Waals surface area (Å²) in [6.07, 6.45) is 0.791. The number of ether oxygens (including phenoxy) is 1. The van der Waals surface area contributed by atoms with E-state index in [4.69, 9.17) is 7.48 Å². The molecule has 1 heterocycles. The molecule has 23 heavy (non-hydrogen) atoms. The summed E-state index contributed by atoms with van der Waals surface area (Å²) in [6, 6.07) is 3.42. The number of pyridine rings is 1. The van der Waals surface area contributed by atoms with Crippen molar-refractivity contribution in [1.29, 1.82) is 0 Å². The number of nitrogens with zero attached hydrogens (tertiary/aromatic N) is 1. The van der Waals surface area contributed by atoms with Gasteiger partial charge in [0.05, 0.1) is 11.4 Å².